The van der Waals surface area contributed by atoms with Crippen LogP contribution in [0.3, 0.4) is 0 Å². The summed E-state index contributed by atoms with van der Waals surface area (Å²) in [6, 6.07) is 0. The Bertz CT molecular complexity index is 252. The van der Waals surface area contributed by atoms with Gasteiger partial charge in [-0.15, -0.1) is 0 Å². The number of esters is 1. The number of carbonyl (C=O) groups excluding carboxylic acids is 1. The SMILES string of the molecule is CC(C)(C)C(=O)OC1CCCCC1.CCC(C)(C)O. The van der Waals surface area contributed by atoms with Crippen molar-refractivity contribution in [3.05, 3.63) is 0 Å². The minimum Gasteiger partial charge on any atom is -0.462 e. The van der Waals surface area contributed by atoms with Gasteiger partial charge in [-0.2, -0.15) is 0 Å². The molecular weight excluding hydrogens is 240 g/mol. The average Bonchev–Trinajstić information content (AvgIpc) is 2.29. The molecule has 0 amide bonds. The maximum Gasteiger partial charge on any atom is 0.311 e. The molecule has 0 aromatic rings. The molecule has 3 heteroatoms. The second-order valence-corrected chi connectivity index (χ2v) is 7.08. The Hall–Kier alpha value is -0.570. The molecule has 1 aliphatic carbocycles. The Labute approximate surface area is 118 Å². The van der Waals surface area contributed by atoms with Crippen molar-refractivity contribution in [2.45, 2.75) is 91.8 Å². The first-order chi connectivity index (χ1) is 8.56. The first-order valence-electron chi connectivity index (χ1n) is 7.49. The van der Waals surface area contributed by atoms with E-state index in [0.717, 1.165) is 19.3 Å². The Morgan fingerprint density at radius 3 is 1.84 bits per heavy atom. The molecule has 0 unspecified atom stereocenters. The van der Waals surface area contributed by atoms with Gasteiger partial charge in [0.1, 0.15) is 6.10 Å². The van der Waals surface area contributed by atoms with E-state index < -0.39 is 5.60 Å². The molecule has 0 atom stereocenters. The molecule has 1 saturated carbocycles. The third kappa shape index (κ3) is 9.94. The lowest BCUT2D eigenvalue weighted by atomic mass is 9.95. The summed E-state index contributed by atoms with van der Waals surface area (Å²) in [5, 5.41) is 8.83. The molecule has 114 valence electrons. The Balaban J connectivity index is 0.000000459. The van der Waals surface area contributed by atoms with E-state index in [4.69, 9.17) is 9.84 Å². The first kappa shape index (κ1) is 18.4. The summed E-state index contributed by atoms with van der Waals surface area (Å²) < 4.78 is 5.42. The van der Waals surface area contributed by atoms with E-state index in [-0.39, 0.29) is 17.5 Å². The van der Waals surface area contributed by atoms with Crippen LogP contribution in [-0.4, -0.2) is 22.8 Å². The number of aliphatic hydroxyl groups is 1. The second-order valence-electron chi connectivity index (χ2n) is 7.08. The van der Waals surface area contributed by atoms with Gasteiger partial charge in [0.25, 0.3) is 0 Å². The van der Waals surface area contributed by atoms with E-state index in [0.29, 0.717) is 0 Å². The maximum absolute atomic E-state index is 11.5. The standard InChI is InChI=1S/C11H20O2.C5H12O/c1-11(2,3)10(12)13-9-7-5-4-6-8-9;1-4-5(2,3)6/h9H,4-8H2,1-3H3;6H,4H2,1-3H3. The Kier molecular flexibility index (Phi) is 7.65. The highest BCUT2D eigenvalue weighted by molar-refractivity contribution is 5.75. The molecule has 0 aromatic heterocycles. The van der Waals surface area contributed by atoms with Crippen molar-refractivity contribution in [3.8, 4) is 0 Å². The van der Waals surface area contributed by atoms with Gasteiger partial charge in [0.2, 0.25) is 0 Å². The van der Waals surface area contributed by atoms with E-state index in [2.05, 4.69) is 0 Å². The van der Waals surface area contributed by atoms with Crippen LogP contribution in [0.2, 0.25) is 0 Å². The molecule has 1 N–H and O–H groups in total. The average molecular weight is 272 g/mol. The van der Waals surface area contributed by atoms with Gasteiger partial charge >= 0.3 is 5.97 Å². The largest absolute Gasteiger partial charge is 0.462 e. The molecule has 0 aromatic carbocycles. The van der Waals surface area contributed by atoms with Crippen molar-refractivity contribution >= 4 is 5.97 Å². The monoisotopic (exact) mass is 272 g/mol. The molecule has 0 radical (unpaired) electrons. The minimum absolute atomic E-state index is 0.0561. The predicted octanol–water partition coefficient (Wildman–Crippen LogP) is 4.08. The zero-order chi connectivity index (χ0) is 15.1. The lowest BCUT2D eigenvalue weighted by molar-refractivity contribution is -0.160. The van der Waals surface area contributed by atoms with Crippen LogP contribution in [0.5, 0.6) is 0 Å². The highest BCUT2D eigenvalue weighted by Crippen LogP contribution is 2.24. The molecular formula is C16H32O3. The molecule has 0 bridgehead atoms. The van der Waals surface area contributed by atoms with E-state index in [1.807, 2.05) is 27.7 Å². The van der Waals surface area contributed by atoms with E-state index >= 15 is 0 Å². The predicted molar refractivity (Wildman–Crippen MR) is 79.0 cm³/mol. The van der Waals surface area contributed by atoms with Crippen LogP contribution in [0.1, 0.15) is 80.1 Å². The smallest absolute Gasteiger partial charge is 0.311 e. The fourth-order valence-corrected chi connectivity index (χ4v) is 1.51. The summed E-state index contributed by atoms with van der Waals surface area (Å²) in [6.07, 6.45) is 6.85. The summed E-state index contributed by atoms with van der Waals surface area (Å²) >= 11 is 0. The van der Waals surface area contributed by atoms with Gasteiger partial charge in [-0.1, -0.05) is 13.3 Å². The molecule has 0 spiro atoms. The van der Waals surface area contributed by atoms with Crippen molar-refractivity contribution in [2.75, 3.05) is 0 Å². The fourth-order valence-electron chi connectivity index (χ4n) is 1.51. The summed E-state index contributed by atoms with van der Waals surface area (Å²) in [4.78, 5) is 11.5. The van der Waals surface area contributed by atoms with Crippen LogP contribution < -0.4 is 0 Å². The first-order valence-corrected chi connectivity index (χ1v) is 7.49. The Morgan fingerprint density at radius 1 is 1.11 bits per heavy atom. The normalized spacial score (nSPS) is 17.4. The zero-order valence-electron chi connectivity index (χ0n) is 13.6. The quantitative estimate of drug-likeness (QED) is 0.771. The van der Waals surface area contributed by atoms with Crippen LogP contribution in [0.25, 0.3) is 0 Å². The minimum atomic E-state index is -0.458. The van der Waals surface area contributed by atoms with Crippen LogP contribution in [-0.2, 0) is 9.53 Å². The van der Waals surface area contributed by atoms with Gasteiger partial charge in [0, 0.05) is 0 Å². The van der Waals surface area contributed by atoms with Crippen LogP contribution in [0.15, 0.2) is 0 Å². The van der Waals surface area contributed by atoms with Crippen LogP contribution in [0, 0.1) is 5.41 Å². The van der Waals surface area contributed by atoms with Crippen molar-refractivity contribution in [1.29, 1.82) is 0 Å². The van der Waals surface area contributed by atoms with Crippen molar-refractivity contribution in [2.24, 2.45) is 5.41 Å². The number of rotatable bonds is 2. The number of hydrogen-bond donors (Lipinski definition) is 1. The van der Waals surface area contributed by atoms with E-state index in [9.17, 15) is 4.79 Å². The van der Waals surface area contributed by atoms with Gasteiger partial charge in [-0.3, -0.25) is 4.79 Å². The highest BCUT2D eigenvalue weighted by Gasteiger charge is 2.26. The molecule has 0 saturated heterocycles. The second kappa shape index (κ2) is 7.88. The summed E-state index contributed by atoms with van der Waals surface area (Å²) in [6.45, 7) is 11.3. The van der Waals surface area contributed by atoms with Crippen molar-refractivity contribution in [1.82, 2.24) is 0 Å². The Morgan fingerprint density at radius 2 is 1.53 bits per heavy atom. The van der Waals surface area contributed by atoms with Gasteiger partial charge < -0.3 is 9.84 Å². The summed E-state index contributed by atoms with van der Waals surface area (Å²) in [5.74, 6) is -0.0561. The van der Waals surface area contributed by atoms with Crippen molar-refractivity contribution in [3.63, 3.8) is 0 Å². The van der Waals surface area contributed by atoms with Gasteiger partial charge in [0.15, 0.2) is 0 Å². The van der Waals surface area contributed by atoms with Crippen LogP contribution in [0.4, 0.5) is 0 Å². The molecule has 1 fully saturated rings. The van der Waals surface area contributed by atoms with Gasteiger partial charge in [0.05, 0.1) is 11.0 Å². The van der Waals surface area contributed by atoms with E-state index in [1.54, 1.807) is 13.8 Å². The lowest BCUT2D eigenvalue weighted by Crippen LogP contribution is -2.29. The number of ether oxygens (including phenoxy) is 1. The van der Waals surface area contributed by atoms with Gasteiger partial charge in [-0.25, -0.2) is 0 Å². The zero-order valence-corrected chi connectivity index (χ0v) is 13.6. The third-order valence-electron chi connectivity index (χ3n) is 3.30. The van der Waals surface area contributed by atoms with Crippen molar-refractivity contribution < 1.29 is 14.6 Å². The highest BCUT2D eigenvalue weighted by atomic mass is 16.5. The molecule has 0 aliphatic heterocycles. The molecule has 0 heterocycles. The topological polar surface area (TPSA) is 46.5 Å². The lowest BCUT2D eigenvalue weighted by Gasteiger charge is -2.25. The number of hydrogen-bond acceptors (Lipinski definition) is 3. The molecule has 19 heavy (non-hydrogen) atoms. The number of carbonyl (C=O) groups is 1. The molecule has 1 aliphatic rings. The van der Waals surface area contributed by atoms with Gasteiger partial charge in [-0.05, 0) is 66.7 Å². The molecule has 1 rings (SSSR count). The summed E-state index contributed by atoms with van der Waals surface area (Å²) in [5.41, 5.74) is -0.808. The third-order valence-corrected chi connectivity index (χ3v) is 3.30. The summed E-state index contributed by atoms with van der Waals surface area (Å²) in [7, 11) is 0. The maximum atomic E-state index is 11.5. The van der Waals surface area contributed by atoms with Crippen LogP contribution >= 0.6 is 0 Å². The fraction of sp³-hybridized carbons (Fsp3) is 0.938. The van der Waals surface area contributed by atoms with E-state index in [1.165, 1.54) is 19.3 Å². The molecule has 3 nitrogen and oxygen atoms in total.